The number of carbonyl (C=O) groups excluding carboxylic acids is 1. The van der Waals surface area contributed by atoms with Gasteiger partial charge in [0.05, 0.1) is 6.61 Å². The molecule has 2 N–H and O–H groups in total. The quantitative estimate of drug-likeness (QED) is 0.550. The summed E-state index contributed by atoms with van der Waals surface area (Å²) in [6, 6.07) is 0. The van der Waals surface area contributed by atoms with Crippen molar-refractivity contribution in [1.29, 1.82) is 0 Å². The maximum atomic E-state index is 11.4. The maximum absolute atomic E-state index is 11.4. The van der Waals surface area contributed by atoms with Crippen molar-refractivity contribution in [2.24, 2.45) is 5.73 Å². The van der Waals surface area contributed by atoms with E-state index in [9.17, 15) is 4.79 Å². The van der Waals surface area contributed by atoms with Crippen molar-refractivity contribution in [3.8, 4) is 0 Å². The third-order valence-corrected chi connectivity index (χ3v) is 2.01. The summed E-state index contributed by atoms with van der Waals surface area (Å²) in [5.41, 5.74) is 5.25. The van der Waals surface area contributed by atoms with Gasteiger partial charge in [0.1, 0.15) is 6.61 Å². The van der Waals surface area contributed by atoms with E-state index >= 15 is 0 Å². The fourth-order valence-electron chi connectivity index (χ4n) is 1.10. The van der Waals surface area contributed by atoms with E-state index in [2.05, 4.69) is 4.90 Å². The second-order valence-electron chi connectivity index (χ2n) is 3.81. The molecule has 0 radical (unpaired) electrons. The summed E-state index contributed by atoms with van der Waals surface area (Å²) in [5, 5.41) is 0. The zero-order valence-electron chi connectivity index (χ0n) is 10.0. The number of hydrogen-bond donors (Lipinski definition) is 1. The number of ether oxygens (including phenoxy) is 1. The van der Waals surface area contributed by atoms with Crippen molar-refractivity contribution in [2.45, 2.75) is 6.42 Å². The number of nitrogens with two attached hydrogens (primary N) is 1. The van der Waals surface area contributed by atoms with Crippen LogP contribution in [0.3, 0.4) is 0 Å². The van der Waals surface area contributed by atoms with Crippen LogP contribution in [-0.4, -0.2) is 69.7 Å². The number of carbonyl (C=O) groups is 1. The molecule has 5 nitrogen and oxygen atoms in total. The Kier molecular flexibility index (Phi) is 8.27. The Bertz CT molecular complexity index is 174. The molecule has 5 heteroatoms. The molecular weight excluding hydrogens is 194 g/mol. The van der Waals surface area contributed by atoms with Gasteiger partial charge in [0.2, 0.25) is 5.91 Å². The van der Waals surface area contributed by atoms with Crippen molar-refractivity contribution in [3.05, 3.63) is 0 Å². The predicted octanol–water partition coefficient (Wildman–Crippen LogP) is -0.628. The lowest BCUT2D eigenvalue weighted by atomic mass is 10.3. The normalized spacial score (nSPS) is 10.7. The van der Waals surface area contributed by atoms with Gasteiger partial charge in [0.25, 0.3) is 0 Å². The molecular formula is C10H23N3O2. The molecule has 0 bridgehead atoms. The minimum absolute atomic E-state index is 0.0159. The average Bonchev–Trinajstić information content (AvgIpc) is 2.17. The second-order valence-corrected chi connectivity index (χ2v) is 3.81. The average molecular weight is 217 g/mol. The molecule has 0 aliphatic carbocycles. The monoisotopic (exact) mass is 217 g/mol. The molecule has 0 rings (SSSR count). The third kappa shape index (κ3) is 8.35. The number of likely N-dealkylation sites (N-methyl/N-ethyl adjacent to an activating group) is 1. The molecule has 0 aromatic rings. The predicted molar refractivity (Wildman–Crippen MR) is 60.7 cm³/mol. The first-order valence-corrected chi connectivity index (χ1v) is 5.24. The van der Waals surface area contributed by atoms with Gasteiger partial charge in [0.15, 0.2) is 0 Å². The topological polar surface area (TPSA) is 58.8 Å². The Balaban J connectivity index is 3.51. The van der Waals surface area contributed by atoms with E-state index in [0.717, 1.165) is 19.5 Å². The fraction of sp³-hybridized carbons (Fsp3) is 0.900. The molecule has 0 fully saturated rings. The Morgan fingerprint density at radius 1 is 1.27 bits per heavy atom. The first-order chi connectivity index (χ1) is 7.07. The molecule has 0 aliphatic rings. The molecule has 0 saturated heterocycles. The highest BCUT2D eigenvalue weighted by molar-refractivity contribution is 5.77. The van der Waals surface area contributed by atoms with Crippen molar-refractivity contribution >= 4 is 5.91 Å². The van der Waals surface area contributed by atoms with E-state index in [1.54, 1.807) is 11.9 Å². The van der Waals surface area contributed by atoms with Gasteiger partial charge >= 0.3 is 0 Å². The maximum Gasteiger partial charge on any atom is 0.248 e. The largest absolute Gasteiger partial charge is 0.370 e. The Morgan fingerprint density at radius 2 is 1.93 bits per heavy atom. The highest BCUT2D eigenvalue weighted by Crippen LogP contribution is 1.91. The minimum atomic E-state index is 0.0159. The lowest BCUT2D eigenvalue weighted by molar-refractivity contribution is -0.134. The van der Waals surface area contributed by atoms with E-state index in [-0.39, 0.29) is 12.5 Å². The fourth-order valence-corrected chi connectivity index (χ4v) is 1.10. The Labute approximate surface area is 92.2 Å². The van der Waals surface area contributed by atoms with E-state index in [1.807, 2.05) is 14.1 Å². The zero-order chi connectivity index (χ0) is 11.7. The molecule has 0 unspecified atom stereocenters. The van der Waals surface area contributed by atoms with Crippen molar-refractivity contribution in [1.82, 2.24) is 9.80 Å². The molecule has 15 heavy (non-hydrogen) atoms. The van der Waals surface area contributed by atoms with Gasteiger partial charge in [-0.05, 0) is 27.1 Å². The van der Waals surface area contributed by atoms with E-state index < -0.39 is 0 Å². The third-order valence-electron chi connectivity index (χ3n) is 2.01. The van der Waals surface area contributed by atoms with Gasteiger partial charge in [-0.2, -0.15) is 0 Å². The molecule has 90 valence electrons. The van der Waals surface area contributed by atoms with Crippen LogP contribution in [0.15, 0.2) is 0 Å². The van der Waals surface area contributed by atoms with Gasteiger partial charge in [0, 0.05) is 20.1 Å². The molecule has 0 aliphatic heterocycles. The van der Waals surface area contributed by atoms with Crippen LogP contribution < -0.4 is 5.73 Å². The SMILES string of the molecule is CN(C)CCCN(C)C(=O)COCCN. The Hall–Kier alpha value is -0.650. The van der Waals surface area contributed by atoms with Gasteiger partial charge in [-0.1, -0.05) is 0 Å². The van der Waals surface area contributed by atoms with Crippen LogP contribution in [0.4, 0.5) is 0 Å². The lowest BCUT2D eigenvalue weighted by Gasteiger charge is -2.18. The van der Waals surface area contributed by atoms with E-state index in [1.165, 1.54) is 0 Å². The van der Waals surface area contributed by atoms with Gasteiger partial charge < -0.3 is 20.3 Å². The molecule has 0 aromatic heterocycles. The van der Waals surface area contributed by atoms with Gasteiger partial charge in [-0.15, -0.1) is 0 Å². The van der Waals surface area contributed by atoms with Crippen LogP contribution in [0, 0.1) is 0 Å². The van der Waals surface area contributed by atoms with Crippen LogP contribution >= 0.6 is 0 Å². The molecule has 0 saturated carbocycles. The molecule has 0 atom stereocenters. The first-order valence-electron chi connectivity index (χ1n) is 5.24. The van der Waals surface area contributed by atoms with Gasteiger partial charge in [-0.25, -0.2) is 0 Å². The highest BCUT2D eigenvalue weighted by Gasteiger charge is 2.07. The summed E-state index contributed by atoms with van der Waals surface area (Å²) in [5.74, 6) is 0.0159. The zero-order valence-corrected chi connectivity index (χ0v) is 10.0. The summed E-state index contributed by atoms with van der Waals surface area (Å²) >= 11 is 0. The highest BCUT2D eigenvalue weighted by atomic mass is 16.5. The van der Waals surface area contributed by atoms with E-state index in [4.69, 9.17) is 10.5 Å². The van der Waals surface area contributed by atoms with Gasteiger partial charge in [-0.3, -0.25) is 4.79 Å². The van der Waals surface area contributed by atoms with Crippen LogP contribution in [0.5, 0.6) is 0 Å². The van der Waals surface area contributed by atoms with Crippen molar-refractivity contribution < 1.29 is 9.53 Å². The summed E-state index contributed by atoms with van der Waals surface area (Å²) in [7, 11) is 5.84. The molecule has 1 amide bonds. The summed E-state index contributed by atoms with van der Waals surface area (Å²) in [4.78, 5) is 15.2. The number of hydrogen-bond acceptors (Lipinski definition) is 4. The van der Waals surface area contributed by atoms with Crippen LogP contribution in [0.1, 0.15) is 6.42 Å². The summed E-state index contributed by atoms with van der Waals surface area (Å²) in [6.45, 7) is 2.79. The lowest BCUT2D eigenvalue weighted by Crippen LogP contribution is -2.33. The first kappa shape index (κ1) is 14.3. The van der Waals surface area contributed by atoms with Crippen molar-refractivity contribution in [3.63, 3.8) is 0 Å². The molecule has 0 spiro atoms. The summed E-state index contributed by atoms with van der Waals surface area (Å²) < 4.78 is 5.07. The summed E-state index contributed by atoms with van der Waals surface area (Å²) in [6.07, 6.45) is 0.978. The minimum Gasteiger partial charge on any atom is -0.370 e. The number of nitrogens with zero attached hydrogens (tertiary/aromatic N) is 2. The van der Waals surface area contributed by atoms with Crippen LogP contribution in [0.2, 0.25) is 0 Å². The second kappa shape index (κ2) is 8.64. The smallest absolute Gasteiger partial charge is 0.248 e. The Morgan fingerprint density at radius 3 is 2.47 bits per heavy atom. The van der Waals surface area contributed by atoms with Crippen LogP contribution in [0.25, 0.3) is 0 Å². The van der Waals surface area contributed by atoms with Crippen LogP contribution in [-0.2, 0) is 9.53 Å². The standard InChI is InChI=1S/C10H23N3O2/c1-12(2)6-4-7-13(3)10(14)9-15-8-5-11/h4-9,11H2,1-3H3. The number of amides is 1. The van der Waals surface area contributed by atoms with E-state index in [0.29, 0.717) is 13.2 Å². The molecule has 0 heterocycles. The molecule has 0 aromatic carbocycles. The number of rotatable bonds is 8. The van der Waals surface area contributed by atoms with Crippen molar-refractivity contribution in [2.75, 3.05) is 54.0 Å².